The molecule has 2 aromatic heterocycles. The lowest BCUT2D eigenvalue weighted by Crippen LogP contribution is -2.55. The summed E-state index contributed by atoms with van der Waals surface area (Å²) in [5, 5.41) is 5.17. The number of likely N-dealkylation sites (tertiary alicyclic amines) is 1. The first kappa shape index (κ1) is 25.5. The predicted octanol–water partition coefficient (Wildman–Crippen LogP) is 2.73. The second-order valence-electron chi connectivity index (χ2n) is 9.00. The fraction of sp³-hybridized carbons (Fsp3) is 0.522. The highest BCUT2D eigenvalue weighted by molar-refractivity contribution is 5.88. The Bertz CT molecular complexity index is 1050. The maximum atomic E-state index is 14.8. The Morgan fingerprint density at radius 2 is 1.86 bits per heavy atom. The monoisotopic (exact) mass is 504 g/mol. The first-order valence-corrected chi connectivity index (χ1v) is 11.8. The van der Waals surface area contributed by atoms with Crippen LogP contribution in [0.5, 0.6) is 0 Å². The van der Waals surface area contributed by atoms with Crippen LogP contribution in [0.1, 0.15) is 19.3 Å². The Hall–Kier alpha value is -3.61. The summed E-state index contributed by atoms with van der Waals surface area (Å²) in [6, 6.07) is 2.69. The topological polar surface area (TPSA) is 116 Å². The number of nitrogens with one attached hydrogen (secondary N) is 2. The number of piperidine rings is 2. The van der Waals surface area contributed by atoms with Crippen molar-refractivity contribution in [3.63, 3.8) is 0 Å². The average Bonchev–Trinajstić information content (AvgIpc) is 2.87. The summed E-state index contributed by atoms with van der Waals surface area (Å²) >= 11 is 0. The van der Waals surface area contributed by atoms with Gasteiger partial charge in [0.1, 0.15) is 29.7 Å². The minimum atomic E-state index is -1.26. The number of carbonyl (C=O) groups is 2. The first-order chi connectivity index (χ1) is 17.3. The lowest BCUT2D eigenvalue weighted by Gasteiger charge is -2.39. The maximum absolute atomic E-state index is 14.8. The molecule has 0 unspecified atom stereocenters. The van der Waals surface area contributed by atoms with E-state index in [1.165, 1.54) is 30.3 Å². The Labute approximate surface area is 207 Å². The molecule has 0 radical (unpaired) electrons. The molecular weight excluding hydrogens is 474 g/mol. The number of hydrogen-bond acceptors (Lipinski definition) is 8. The van der Waals surface area contributed by atoms with E-state index in [2.05, 4.69) is 30.5 Å². The van der Waals surface area contributed by atoms with Crippen LogP contribution in [0, 0.1) is 5.82 Å². The van der Waals surface area contributed by atoms with E-state index in [-0.39, 0.29) is 30.7 Å². The third kappa shape index (κ3) is 6.53. The molecule has 2 N–H and O–H groups in total. The van der Waals surface area contributed by atoms with Gasteiger partial charge in [-0.3, -0.25) is 10.6 Å². The van der Waals surface area contributed by atoms with Crippen molar-refractivity contribution in [3.05, 3.63) is 36.4 Å². The van der Waals surface area contributed by atoms with Crippen LogP contribution < -0.4 is 15.5 Å². The highest BCUT2D eigenvalue weighted by atomic mass is 19.1. The summed E-state index contributed by atoms with van der Waals surface area (Å²) in [6.07, 6.45) is 2.21. The normalized spacial score (nSPS) is 21.1. The van der Waals surface area contributed by atoms with E-state index in [1.807, 2.05) is 7.05 Å². The first-order valence-electron chi connectivity index (χ1n) is 11.8. The van der Waals surface area contributed by atoms with E-state index in [9.17, 15) is 18.4 Å². The van der Waals surface area contributed by atoms with E-state index in [0.29, 0.717) is 12.5 Å². The minimum absolute atomic E-state index is 0.140. The van der Waals surface area contributed by atoms with Crippen LogP contribution in [-0.2, 0) is 4.74 Å². The summed E-state index contributed by atoms with van der Waals surface area (Å²) in [6.45, 7) is 2.23. The average molecular weight is 505 g/mol. The number of pyridine rings is 1. The molecule has 3 amide bonds. The van der Waals surface area contributed by atoms with Crippen LogP contribution in [0.2, 0.25) is 0 Å². The van der Waals surface area contributed by atoms with Crippen LogP contribution in [0.4, 0.5) is 36.0 Å². The fourth-order valence-corrected chi connectivity index (χ4v) is 4.21. The Morgan fingerprint density at radius 1 is 1.08 bits per heavy atom. The number of carbonyl (C=O) groups excluding carboxylic acids is 2. The van der Waals surface area contributed by atoms with Gasteiger partial charge in [-0.15, -0.1) is 0 Å². The molecule has 4 rings (SSSR count). The number of anilines is 3. The zero-order chi connectivity index (χ0) is 25.7. The van der Waals surface area contributed by atoms with Gasteiger partial charge < -0.3 is 19.4 Å². The molecule has 0 aliphatic carbocycles. The molecule has 2 aliphatic rings. The van der Waals surface area contributed by atoms with Gasteiger partial charge in [-0.05, 0) is 44.5 Å². The van der Waals surface area contributed by atoms with Crippen molar-refractivity contribution in [3.8, 4) is 0 Å². The second kappa shape index (κ2) is 11.4. The molecule has 2 saturated heterocycles. The molecular formula is C23H30F2N8O3. The maximum Gasteiger partial charge on any atom is 0.413 e. The van der Waals surface area contributed by atoms with E-state index in [0.717, 1.165) is 32.1 Å². The van der Waals surface area contributed by atoms with Gasteiger partial charge in [0.15, 0.2) is 0 Å². The fourth-order valence-electron chi connectivity index (χ4n) is 4.21. The lowest BCUT2D eigenvalue weighted by atomic mass is 10.0. The molecule has 11 nitrogen and oxygen atoms in total. The van der Waals surface area contributed by atoms with Crippen molar-refractivity contribution >= 4 is 29.7 Å². The van der Waals surface area contributed by atoms with Gasteiger partial charge in [0.2, 0.25) is 5.95 Å². The van der Waals surface area contributed by atoms with Crippen molar-refractivity contribution in [2.45, 2.75) is 37.6 Å². The Balaban J connectivity index is 1.35. The quantitative estimate of drug-likeness (QED) is 0.639. The molecule has 4 heterocycles. The van der Waals surface area contributed by atoms with Crippen LogP contribution in [-0.4, -0.2) is 95.5 Å². The van der Waals surface area contributed by atoms with Crippen molar-refractivity contribution < 1.29 is 23.1 Å². The standard InChI is InChI=1S/C23H30F2N8O3/c1-31-10-6-16(7-11-31)36-23(35)30-20-5-9-26-21(28-20)33-12-8-17(25)18(14-33)32(2)22(34)29-19-4-3-15(24)13-27-19/h3-5,9,13,16-18H,6-8,10-12,14H2,1-2H3,(H,27,29,34)(H,26,28,30,35)/t17-,18+/m1/s1. The molecule has 36 heavy (non-hydrogen) atoms. The SMILES string of the molecule is CN1CCC(OC(=O)Nc2ccnc(N3CC[C@@H](F)[C@@H](N(C)C(=O)Nc4ccc(F)cn4)C3)n2)CC1. The number of likely N-dealkylation sites (N-methyl/N-ethyl adjacent to an activating group) is 1. The van der Waals surface area contributed by atoms with Gasteiger partial charge >= 0.3 is 12.1 Å². The predicted molar refractivity (Wildman–Crippen MR) is 129 cm³/mol. The molecule has 0 aromatic carbocycles. The van der Waals surface area contributed by atoms with Gasteiger partial charge in [0, 0.05) is 39.4 Å². The number of amides is 3. The molecule has 0 spiro atoms. The summed E-state index contributed by atoms with van der Waals surface area (Å²) in [5.41, 5.74) is 0. The Morgan fingerprint density at radius 3 is 2.58 bits per heavy atom. The molecule has 2 aromatic rings. The molecule has 2 fully saturated rings. The zero-order valence-corrected chi connectivity index (χ0v) is 20.2. The van der Waals surface area contributed by atoms with Gasteiger partial charge in [-0.1, -0.05) is 0 Å². The van der Waals surface area contributed by atoms with Gasteiger partial charge in [0.05, 0.1) is 12.2 Å². The molecule has 0 bridgehead atoms. The van der Waals surface area contributed by atoms with Crippen LogP contribution in [0.3, 0.4) is 0 Å². The van der Waals surface area contributed by atoms with E-state index >= 15 is 0 Å². The van der Waals surface area contributed by atoms with Crippen molar-refractivity contribution in [2.75, 3.05) is 55.8 Å². The zero-order valence-electron chi connectivity index (χ0n) is 20.2. The molecule has 2 atom stereocenters. The number of urea groups is 1. The summed E-state index contributed by atoms with van der Waals surface area (Å²) < 4.78 is 33.4. The molecule has 2 aliphatic heterocycles. The largest absolute Gasteiger partial charge is 0.446 e. The van der Waals surface area contributed by atoms with Crippen LogP contribution in [0.15, 0.2) is 30.6 Å². The van der Waals surface area contributed by atoms with E-state index in [1.54, 1.807) is 11.0 Å². The molecule has 194 valence electrons. The number of hydrogen-bond donors (Lipinski definition) is 2. The van der Waals surface area contributed by atoms with Crippen LogP contribution in [0.25, 0.3) is 0 Å². The van der Waals surface area contributed by atoms with Crippen LogP contribution >= 0.6 is 0 Å². The highest BCUT2D eigenvalue weighted by Gasteiger charge is 2.35. The lowest BCUT2D eigenvalue weighted by molar-refractivity contribution is 0.0661. The summed E-state index contributed by atoms with van der Waals surface area (Å²) in [5.74, 6) is 0.203. The third-order valence-electron chi connectivity index (χ3n) is 6.38. The number of rotatable bonds is 5. The number of nitrogens with zero attached hydrogens (tertiary/aromatic N) is 6. The number of alkyl halides is 1. The third-order valence-corrected chi connectivity index (χ3v) is 6.38. The number of aromatic nitrogens is 3. The van der Waals surface area contributed by atoms with Crippen molar-refractivity contribution in [1.29, 1.82) is 0 Å². The van der Waals surface area contributed by atoms with Gasteiger partial charge in [-0.25, -0.2) is 28.3 Å². The highest BCUT2D eigenvalue weighted by Crippen LogP contribution is 2.23. The van der Waals surface area contributed by atoms with Crippen molar-refractivity contribution in [2.24, 2.45) is 0 Å². The van der Waals surface area contributed by atoms with Gasteiger partial charge in [0.25, 0.3) is 0 Å². The molecule has 13 heteroatoms. The number of ether oxygens (including phenoxy) is 1. The number of halogens is 2. The molecule has 0 saturated carbocycles. The van der Waals surface area contributed by atoms with E-state index in [4.69, 9.17) is 4.74 Å². The van der Waals surface area contributed by atoms with Gasteiger partial charge in [-0.2, -0.15) is 4.98 Å². The van der Waals surface area contributed by atoms with Crippen molar-refractivity contribution in [1.82, 2.24) is 24.8 Å². The van der Waals surface area contributed by atoms with E-state index < -0.39 is 30.2 Å². The smallest absolute Gasteiger partial charge is 0.413 e. The summed E-state index contributed by atoms with van der Waals surface area (Å²) in [7, 11) is 3.51. The minimum Gasteiger partial charge on any atom is -0.446 e. The Kier molecular flexibility index (Phi) is 8.08. The second-order valence-corrected chi connectivity index (χ2v) is 9.00. The summed E-state index contributed by atoms with van der Waals surface area (Å²) in [4.78, 5) is 42.6.